The van der Waals surface area contributed by atoms with Gasteiger partial charge in [0.1, 0.15) is 6.10 Å². The normalized spacial score (nSPS) is 18.4. The molecule has 1 fully saturated rings. The Bertz CT molecular complexity index is 405. The van der Waals surface area contributed by atoms with Gasteiger partial charge in [-0.2, -0.15) is 5.10 Å². The fraction of sp³-hybridized carbons (Fsp3) is 0.750. The van der Waals surface area contributed by atoms with E-state index >= 15 is 0 Å². The molecule has 0 aliphatic carbocycles. The van der Waals surface area contributed by atoms with E-state index in [1.54, 1.807) is 10.9 Å². The number of aliphatic hydroxyl groups is 1. The summed E-state index contributed by atoms with van der Waals surface area (Å²) in [5, 5.41) is 15.0. The van der Waals surface area contributed by atoms with E-state index in [-0.39, 0.29) is 6.29 Å². The monoisotopic (exact) mass is 289 g/mol. The van der Waals surface area contributed by atoms with Gasteiger partial charge in [-0.25, -0.2) is 0 Å². The van der Waals surface area contributed by atoms with Crippen LogP contribution in [0.25, 0.3) is 0 Å². The fourth-order valence-corrected chi connectivity index (χ4v) is 2.28. The number of hydrogen-bond acceptors (Lipinski definition) is 5. The third kappa shape index (κ3) is 3.90. The van der Waals surface area contributed by atoms with E-state index in [0.29, 0.717) is 36.9 Å². The van der Waals surface area contributed by atoms with Gasteiger partial charge in [0.05, 0.1) is 36.7 Å². The van der Waals surface area contributed by atoms with Crippen LogP contribution in [0, 0.1) is 0 Å². The zero-order valence-corrected chi connectivity index (χ0v) is 12.0. The Labute approximate surface area is 117 Å². The van der Waals surface area contributed by atoms with Crippen molar-refractivity contribution in [3.05, 3.63) is 16.9 Å². The predicted molar refractivity (Wildman–Crippen MR) is 71.1 cm³/mol. The standard InChI is InChI=1S/C12H20ClN3O3/c1-15(2)3-4-16-12(9(13)8-14-16)10(17)7-11-18-5-6-19-11/h8,10-11,17H,3-7H2,1-2H3. The third-order valence-corrected chi connectivity index (χ3v) is 3.31. The maximum absolute atomic E-state index is 10.3. The molecule has 1 aromatic rings. The number of hydrogen-bond donors (Lipinski definition) is 1. The molecule has 1 atom stereocenters. The van der Waals surface area contributed by atoms with Gasteiger partial charge < -0.3 is 19.5 Å². The predicted octanol–water partition coefficient (Wildman–Crippen LogP) is 0.894. The molecule has 0 bridgehead atoms. The molecule has 2 heterocycles. The van der Waals surface area contributed by atoms with Crippen LogP contribution in [0.1, 0.15) is 18.2 Å². The molecule has 1 aliphatic heterocycles. The highest BCUT2D eigenvalue weighted by Gasteiger charge is 2.25. The molecule has 2 rings (SSSR count). The van der Waals surface area contributed by atoms with Gasteiger partial charge in [0, 0.05) is 13.0 Å². The van der Waals surface area contributed by atoms with Crippen LogP contribution in [0.3, 0.4) is 0 Å². The first-order valence-corrected chi connectivity index (χ1v) is 6.73. The summed E-state index contributed by atoms with van der Waals surface area (Å²) in [6, 6.07) is 0. The molecule has 1 saturated heterocycles. The average molecular weight is 290 g/mol. The van der Waals surface area contributed by atoms with Crippen molar-refractivity contribution < 1.29 is 14.6 Å². The Morgan fingerprint density at radius 3 is 2.84 bits per heavy atom. The molecule has 19 heavy (non-hydrogen) atoms. The molecule has 0 aromatic carbocycles. The molecule has 1 N–H and O–H groups in total. The molecule has 0 radical (unpaired) electrons. The average Bonchev–Trinajstić information content (AvgIpc) is 2.96. The second-order valence-electron chi connectivity index (χ2n) is 4.83. The number of nitrogens with zero attached hydrogens (tertiary/aromatic N) is 3. The Kier molecular flexibility index (Phi) is 5.18. The number of aliphatic hydroxyl groups excluding tert-OH is 1. The second kappa shape index (κ2) is 6.67. The van der Waals surface area contributed by atoms with Crippen LogP contribution in [-0.4, -0.2) is 59.9 Å². The lowest BCUT2D eigenvalue weighted by Crippen LogP contribution is -2.22. The summed E-state index contributed by atoms with van der Waals surface area (Å²) in [7, 11) is 3.98. The van der Waals surface area contributed by atoms with Crippen LogP contribution in [0.5, 0.6) is 0 Å². The molecular formula is C12H20ClN3O3. The SMILES string of the molecule is CN(C)CCn1ncc(Cl)c1C(O)CC1OCCO1. The lowest BCUT2D eigenvalue weighted by molar-refractivity contribution is -0.0719. The highest BCUT2D eigenvalue weighted by molar-refractivity contribution is 6.31. The van der Waals surface area contributed by atoms with Crippen LogP contribution in [0.15, 0.2) is 6.20 Å². The van der Waals surface area contributed by atoms with E-state index in [1.165, 1.54) is 0 Å². The van der Waals surface area contributed by atoms with Crippen molar-refractivity contribution in [1.82, 2.24) is 14.7 Å². The molecule has 1 unspecified atom stereocenters. The third-order valence-electron chi connectivity index (χ3n) is 3.01. The van der Waals surface area contributed by atoms with Crippen LogP contribution in [-0.2, 0) is 16.0 Å². The number of halogens is 1. The largest absolute Gasteiger partial charge is 0.387 e. The number of aromatic nitrogens is 2. The molecule has 1 aliphatic rings. The van der Waals surface area contributed by atoms with Gasteiger partial charge in [-0.1, -0.05) is 11.6 Å². The summed E-state index contributed by atoms with van der Waals surface area (Å²) in [6.07, 6.45) is 0.836. The van der Waals surface area contributed by atoms with E-state index in [9.17, 15) is 5.11 Å². The quantitative estimate of drug-likeness (QED) is 0.843. The Morgan fingerprint density at radius 2 is 2.21 bits per heavy atom. The summed E-state index contributed by atoms with van der Waals surface area (Å²) >= 11 is 6.10. The second-order valence-corrected chi connectivity index (χ2v) is 5.23. The van der Waals surface area contributed by atoms with Crippen molar-refractivity contribution in [1.29, 1.82) is 0 Å². The first kappa shape index (κ1) is 14.7. The van der Waals surface area contributed by atoms with Crippen molar-refractivity contribution in [2.24, 2.45) is 0 Å². The van der Waals surface area contributed by atoms with Crippen molar-refractivity contribution in [3.63, 3.8) is 0 Å². The maximum Gasteiger partial charge on any atom is 0.160 e. The molecule has 7 heteroatoms. The van der Waals surface area contributed by atoms with Gasteiger partial charge in [-0.05, 0) is 14.1 Å². The molecule has 108 valence electrons. The van der Waals surface area contributed by atoms with E-state index in [2.05, 4.69) is 10.00 Å². The van der Waals surface area contributed by atoms with Crippen molar-refractivity contribution >= 4 is 11.6 Å². The topological polar surface area (TPSA) is 59.8 Å². The number of likely N-dealkylation sites (N-methyl/N-ethyl adjacent to an activating group) is 1. The smallest absolute Gasteiger partial charge is 0.160 e. The summed E-state index contributed by atoms with van der Waals surface area (Å²) < 4.78 is 12.4. The molecule has 0 amide bonds. The van der Waals surface area contributed by atoms with Crippen LogP contribution in [0.2, 0.25) is 5.02 Å². The molecule has 6 nitrogen and oxygen atoms in total. The van der Waals surface area contributed by atoms with Crippen LogP contribution >= 0.6 is 11.6 Å². The van der Waals surface area contributed by atoms with Gasteiger partial charge in [0.2, 0.25) is 0 Å². The van der Waals surface area contributed by atoms with Gasteiger partial charge in [-0.15, -0.1) is 0 Å². The maximum atomic E-state index is 10.3. The molecule has 1 aromatic heterocycles. The van der Waals surface area contributed by atoms with Crippen molar-refractivity contribution in [2.75, 3.05) is 33.9 Å². The lowest BCUT2D eigenvalue weighted by Gasteiger charge is -2.18. The minimum absolute atomic E-state index is 0.358. The molecule has 0 spiro atoms. The summed E-state index contributed by atoms with van der Waals surface area (Å²) in [5.41, 5.74) is 0.627. The highest BCUT2D eigenvalue weighted by atomic mass is 35.5. The molecule has 0 saturated carbocycles. The van der Waals surface area contributed by atoms with Crippen LogP contribution in [0.4, 0.5) is 0 Å². The van der Waals surface area contributed by atoms with E-state index in [0.717, 1.165) is 6.54 Å². The zero-order chi connectivity index (χ0) is 13.8. The van der Waals surface area contributed by atoms with E-state index in [4.69, 9.17) is 21.1 Å². The Balaban J connectivity index is 2.02. The van der Waals surface area contributed by atoms with Crippen molar-refractivity contribution in [2.45, 2.75) is 25.4 Å². The zero-order valence-electron chi connectivity index (χ0n) is 11.3. The van der Waals surface area contributed by atoms with Crippen LogP contribution < -0.4 is 0 Å². The Morgan fingerprint density at radius 1 is 1.53 bits per heavy atom. The van der Waals surface area contributed by atoms with Gasteiger partial charge >= 0.3 is 0 Å². The minimum atomic E-state index is -0.736. The molecular weight excluding hydrogens is 270 g/mol. The summed E-state index contributed by atoms with van der Waals surface area (Å²) in [6.45, 7) is 2.66. The Hall–Kier alpha value is -0.660. The summed E-state index contributed by atoms with van der Waals surface area (Å²) in [4.78, 5) is 2.05. The highest BCUT2D eigenvalue weighted by Crippen LogP contribution is 2.27. The van der Waals surface area contributed by atoms with E-state index < -0.39 is 6.10 Å². The first-order chi connectivity index (χ1) is 9.08. The van der Waals surface area contributed by atoms with Crippen molar-refractivity contribution in [3.8, 4) is 0 Å². The number of rotatable bonds is 6. The number of ether oxygens (including phenoxy) is 2. The first-order valence-electron chi connectivity index (χ1n) is 6.35. The minimum Gasteiger partial charge on any atom is -0.387 e. The van der Waals surface area contributed by atoms with Gasteiger partial charge in [-0.3, -0.25) is 4.68 Å². The lowest BCUT2D eigenvalue weighted by atomic mass is 10.2. The van der Waals surface area contributed by atoms with Gasteiger partial charge in [0.15, 0.2) is 6.29 Å². The summed E-state index contributed by atoms with van der Waals surface area (Å²) in [5.74, 6) is 0. The van der Waals surface area contributed by atoms with E-state index in [1.807, 2.05) is 14.1 Å². The fourth-order valence-electron chi connectivity index (χ4n) is 2.01. The van der Waals surface area contributed by atoms with Gasteiger partial charge in [0.25, 0.3) is 0 Å².